The lowest BCUT2D eigenvalue weighted by molar-refractivity contribution is 0.570. The zero-order valence-corrected chi connectivity index (χ0v) is 13.6. The van der Waals surface area contributed by atoms with E-state index in [0.717, 1.165) is 23.2 Å². The van der Waals surface area contributed by atoms with Crippen molar-refractivity contribution in [3.8, 4) is 11.1 Å². The van der Waals surface area contributed by atoms with Crippen LogP contribution in [0, 0.1) is 18.6 Å². The van der Waals surface area contributed by atoms with E-state index in [-0.39, 0.29) is 5.56 Å². The second-order valence-corrected chi connectivity index (χ2v) is 5.99. The van der Waals surface area contributed by atoms with E-state index in [9.17, 15) is 8.78 Å². The topological polar surface area (TPSA) is 42.7 Å². The summed E-state index contributed by atoms with van der Waals surface area (Å²) in [7, 11) is 0. The number of dihydropyridines is 1. The molecule has 1 aliphatic rings. The zero-order valence-electron chi connectivity index (χ0n) is 13.6. The highest BCUT2D eigenvalue weighted by Gasteiger charge is 2.14. The van der Waals surface area contributed by atoms with Gasteiger partial charge in [-0.1, -0.05) is 12.2 Å². The van der Waals surface area contributed by atoms with E-state index in [2.05, 4.69) is 15.4 Å². The van der Waals surface area contributed by atoms with Gasteiger partial charge >= 0.3 is 0 Å². The van der Waals surface area contributed by atoms with Crippen molar-refractivity contribution in [2.45, 2.75) is 13.5 Å². The largest absolute Gasteiger partial charge is 0.387 e. The van der Waals surface area contributed by atoms with Gasteiger partial charge in [-0.05, 0) is 30.7 Å². The molecule has 4 rings (SSSR count). The van der Waals surface area contributed by atoms with Crippen molar-refractivity contribution in [3.05, 3.63) is 71.7 Å². The summed E-state index contributed by atoms with van der Waals surface area (Å²) in [5, 5.41) is 7.54. The number of pyridine rings is 1. The van der Waals surface area contributed by atoms with Gasteiger partial charge in [-0.25, -0.2) is 8.78 Å². The Labute approximate surface area is 143 Å². The SMILES string of the molecule is Cc1c(F)ccc(-c2cnc3cnn(CC4=CNCC=C4)c3c2)c1F. The molecule has 0 spiro atoms. The minimum atomic E-state index is -0.561. The highest BCUT2D eigenvalue weighted by atomic mass is 19.1. The lowest BCUT2D eigenvalue weighted by Crippen LogP contribution is -2.12. The molecular formula is C19H16F2N4. The molecule has 6 heteroatoms. The lowest BCUT2D eigenvalue weighted by atomic mass is 10.0. The maximum Gasteiger partial charge on any atom is 0.136 e. The van der Waals surface area contributed by atoms with Gasteiger partial charge in [0.1, 0.15) is 17.2 Å². The molecule has 25 heavy (non-hydrogen) atoms. The van der Waals surface area contributed by atoms with Crippen LogP contribution in [0.25, 0.3) is 22.2 Å². The first-order chi connectivity index (χ1) is 12.1. The Hall–Kier alpha value is -3.02. The molecule has 0 saturated heterocycles. The van der Waals surface area contributed by atoms with Gasteiger partial charge in [0.25, 0.3) is 0 Å². The number of benzene rings is 1. The average molecular weight is 338 g/mol. The summed E-state index contributed by atoms with van der Waals surface area (Å²) in [6.07, 6.45) is 9.32. The number of hydrogen-bond donors (Lipinski definition) is 1. The molecule has 1 aliphatic heterocycles. The molecule has 3 aromatic rings. The Bertz CT molecular complexity index is 1020. The van der Waals surface area contributed by atoms with Gasteiger partial charge in [-0.2, -0.15) is 5.10 Å². The minimum Gasteiger partial charge on any atom is -0.387 e. The van der Waals surface area contributed by atoms with E-state index < -0.39 is 11.6 Å². The Kier molecular flexibility index (Phi) is 3.80. The third-order valence-electron chi connectivity index (χ3n) is 4.31. The smallest absolute Gasteiger partial charge is 0.136 e. The maximum absolute atomic E-state index is 14.4. The maximum atomic E-state index is 14.4. The molecule has 1 aromatic carbocycles. The van der Waals surface area contributed by atoms with Crippen LogP contribution in [0.15, 0.2) is 54.5 Å². The van der Waals surface area contributed by atoms with E-state index in [0.29, 0.717) is 17.7 Å². The number of nitrogens with one attached hydrogen (secondary N) is 1. The monoisotopic (exact) mass is 338 g/mol. The van der Waals surface area contributed by atoms with Crippen LogP contribution in [0.5, 0.6) is 0 Å². The fraction of sp³-hybridized carbons (Fsp3) is 0.158. The molecule has 2 aromatic heterocycles. The molecule has 0 radical (unpaired) electrons. The van der Waals surface area contributed by atoms with Crippen molar-refractivity contribution in [2.75, 3.05) is 6.54 Å². The Balaban J connectivity index is 1.77. The minimum absolute atomic E-state index is 0.00896. The van der Waals surface area contributed by atoms with Crippen LogP contribution in [0.4, 0.5) is 8.78 Å². The second kappa shape index (κ2) is 6.12. The molecule has 0 bridgehead atoms. The molecule has 0 fully saturated rings. The van der Waals surface area contributed by atoms with Crippen molar-refractivity contribution in [3.63, 3.8) is 0 Å². The molecule has 0 amide bonds. The Morgan fingerprint density at radius 2 is 2.12 bits per heavy atom. The van der Waals surface area contributed by atoms with Crippen LogP contribution in [-0.4, -0.2) is 21.3 Å². The van der Waals surface area contributed by atoms with Gasteiger partial charge in [-0.15, -0.1) is 0 Å². The fourth-order valence-electron chi connectivity index (χ4n) is 2.90. The third-order valence-corrected chi connectivity index (χ3v) is 4.31. The molecule has 1 N–H and O–H groups in total. The van der Waals surface area contributed by atoms with Crippen molar-refractivity contribution in [1.29, 1.82) is 0 Å². The predicted molar refractivity (Wildman–Crippen MR) is 92.8 cm³/mol. The van der Waals surface area contributed by atoms with Gasteiger partial charge in [0.2, 0.25) is 0 Å². The van der Waals surface area contributed by atoms with Gasteiger partial charge in [0.15, 0.2) is 0 Å². The zero-order chi connectivity index (χ0) is 17.4. The molecule has 0 aliphatic carbocycles. The second-order valence-electron chi connectivity index (χ2n) is 5.99. The van der Waals surface area contributed by atoms with Gasteiger partial charge in [-0.3, -0.25) is 9.67 Å². The van der Waals surface area contributed by atoms with Crippen LogP contribution < -0.4 is 5.32 Å². The number of halogens is 2. The van der Waals surface area contributed by atoms with Crippen molar-refractivity contribution in [1.82, 2.24) is 20.1 Å². The number of rotatable bonds is 3. The molecule has 4 nitrogen and oxygen atoms in total. The summed E-state index contributed by atoms with van der Waals surface area (Å²) in [5.74, 6) is -1.11. The fourth-order valence-corrected chi connectivity index (χ4v) is 2.90. The van der Waals surface area contributed by atoms with Gasteiger partial charge < -0.3 is 5.32 Å². The summed E-state index contributed by atoms with van der Waals surface area (Å²) in [5.41, 5.74) is 3.57. The van der Waals surface area contributed by atoms with Crippen molar-refractivity contribution < 1.29 is 8.78 Å². The summed E-state index contributed by atoms with van der Waals surface area (Å²) in [6.45, 7) is 2.83. The highest BCUT2D eigenvalue weighted by Crippen LogP contribution is 2.28. The first-order valence-corrected chi connectivity index (χ1v) is 7.99. The quantitative estimate of drug-likeness (QED) is 0.791. The summed E-state index contributed by atoms with van der Waals surface area (Å²) in [4.78, 5) is 4.37. The van der Waals surface area contributed by atoms with E-state index in [1.165, 1.54) is 19.1 Å². The molecule has 126 valence electrons. The number of aromatic nitrogens is 3. The van der Waals surface area contributed by atoms with E-state index >= 15 is 0 Å². The predicted octanol–water partition coefficient (Wildman–Crippen LogP) is 3.73. The van der Waals surface area contributed by atoms with Crippen LogP contribution >= 0.6 is 0 Å². The Morgan fingerprint density at radius 1 is 1.24 bits per heavy atom. The molecular weight excluding hydrogens is 322 g/mol. The van der Waals surface area contributed by atoms with E-state index in [1.807, 2.05) is 29.1 Å². The molecule has 0 unspecified atom stereocenters. The Morgan fingerprint density at radius 3 is 2.92 bits per heavy atom. The van der Waals surface area contributed by atoms with Gasteiger partial charge in [0, 0.05) is 35.6 Å². The first-order valence-electron chi connectivity index (χ1n) is 7.99. The molecule has 0 atom stereocenters. The normalized spacial score (nSPS) is 13.8. The number of hydrogen-bond acceptors (Lipinski definition) is 3. The van der Waals surface area contributed by atoms with Crippen molar-refractivity contribution in [2.24, 2.45) is 0 Å². The van der Waals surface area contributed by atoms with E-state index in [1.54, 1.807) is 12.4 Å². The summed E-state index contributed by atoms with van der Waals surface area (Å²) in [6, 6.07) is 4.56. The van der Waals surface area contributed by atoms with Crippen molar-refractivity contribution >= 4 is 11.0 Å². The number of nitrogens with zero attached hydrogens (tertiary/aromatic N) is 3. The average Bonchev–Trinajstić information content (AvgIpc) is 3.03. The van der Waals surface area contributed by atoms with Crippen LogP contribution in [-0.2, 0) is 6.54 Å². The summed E-state index contributed by atoms with van der Waals surface area (Å²) >= 11 is 0. The van der Waals surface area contributed by atoms with E-state index in [4.69, 9.17) is 0 Å². The standard InChI is InChI=1S/C19H16F2N4/c1-12-16(20)5-4-15(19(12)21)14-7-18-17(23-9-14)10-24-25(18)11-13-3-2-6-22-8-13/h2-5,7-10,22H,6,11H2,1H3. The highest BCUT2D eigenvalue weighted by molar-refractivity contribution is 5.80. The summed E-state index contributed by atoms with van der Waals surface area (Å²) < 4.78 is 29.8. The first kappa shape index (κ1) is 15.5. The van der Waals surface area contributed by atoms with Crippen LogP contribution in [0.2, 0.25) is 0 Å². The van der Waals surface area contributed by atoms with Gasteiger partial charge in [0.05, 0.1) is 18.3 Å². The molecule has 3 heterocycles. The third kappa shape index (κ3) is 2.80. The lowest BCUT2D eigenvalue weighted by Gasteiger charge is -2.10. The van der Waals surface area contributed by atoms with Crippen LogP contribution in [0.1, 0.15) is 5.56 Å². The van der Waals surface area contributed by atoms with Crippen LogP contribution in [0.3, 0.4) is 0 Å². The number of fused-ring (bicyclic) bond motifs is 1. The molecule has 0 saturated carbocycles. The number of allylic oxidation sites excluding steroid dienone is 2.